The fourth-order valence-corrected chi connectivity index (χ4v) is 1.98. The van der Waals surface area contributed by atoms with Crippen LogP contribution in [0.25, 0.3) is 0 Å². The van der Waals surface area contributed by atoms with Gasteiger partial charge >= 0.3 is 0 Å². The smallest absolute Gasteiger partial charge is 0.230 e. The number of nitrogens with zero attached hydrogens (tertiary/aromatic N) is 2. The lowest BCUT2D eigenvalue weighted by atomic mass is 10.3. The highest BCUT2D eigenvalue weighted by molar-refractivity contribution is 14.1. The van der Waals surface area contributed by atoms with Crippen LogP contribution in [0.2, 0.25) is 0 Å². The molecule has 13 heavy (non-hydrogen) atoms. The average Bonchev–Trinajstić information content (AvgIpc) is 2.61. The van der Waals surface area contributed by atoms with Crippen molar-refractivity contribution in [2.75, 3.05) is 0 Å². The minimum absolute atomic E-state index is 0.378. The van der Waals surface area contributed by atoms with Crippen LogP contribution >= 0.6 is 22.6 Å². The molecule has 1 heterocycles. The topological polar surface area (TPSA) is 35.0 Å². The van der Waals surface area contributed by atoms with Crippen molar-refractivity contribution >= 4 is 22.6 Å². The van der Waals surface area contributed by atoms with E-state index in [4.69, 9.17) is 4.74 Å². The molecule has 0 saturated heterocycles. The zero-order valence-electron chi connectivity index (χ0n) is 7.24. The summed E-state index contributed by atoms with van der Waals surface area (Å²) in [5.74, 6) is 0.738. The monoisotopic (exact) mass is 290 g/mol. The van der Waals surface area contributed by atoms with Crippen molar-refractivity contribution in [2.24, 2.45) is 0 Å². The van der Waals surface area contributed by atoms with E-state index in [1.807, 2.05) is 0 Å². The molecule has 0 aliphatic heterocycles. The van der Waals surface area contributed by atoms with E-state index in [1.54, 1.807) is 6.20 Å². The molecule has 1 aliphatic carbocycles. The summed E-state index contributed by atoms with van der Waals surface area (Å²) in [6.45, 7) is 0. The van der Waals surface area contributed by atoms with Gasteiger partial charge in [-0.05, 0) is 48.3 Å². The standard InChI is InChI=1S/C9H11IN2O/c10-8-5-11-6-12-9(8)13-7-3-1-2-4-7/h5-7H,1-4H2. The molecule has 1 aromatic rings. The molecule has 2 rings (SSSR count). The van der Waals surface area contributed by atoms with Gasteiger partial charge in [0.05, 0.1) is 3.57 Å². The van der Waals surface area contributed by atoms with Crippen LogP contribution in [-0.2, 0) is 0 Å². The number of rotatable bonds is 2. The Morgan fingerprint density at radius 1 is 1.38 bits per heavy atom. The van der Waals surface area contributed by atoms with Gasteiger partial charge in [-0.15, -0.1) is 0 Å². The number of hydrogen-bond acceptors (Lipinski definition) is 3. The van der Waals surface area contributed by atoms with Crippen LogP contribution in [0, 0.1) is 3.57 Å². The molecule has 1 aromatic heterocycles. The molecule has 1 fully saturated rings. The average molecular weight is 290 g/mol. The van der Waals surface area contributed by atoms with Gasteiger partial charge in [-0.3, -0.25) is 0 Å². The molecule has 0 atom stereocenters. The first-order valence-electron chi connectivity index (χ1n) is 4.48. The molecule has 4 heteroatoms. The van der Waals surface area contributed by atoms with Crippen LogP contribution in [0.4, 0.5) is 0 Å². The molecule has 1 saturated carbocycles. The third-order valence-electron chi connectivity index (χ3n) is 2.21. The second-order valence-corrected chi connectivity index (χ2v) is 4.36. The molecular formula is C9H11IN2O. The van der Waals surface area contributed by atoms with Gasteiger partial charge in [-0.1, -0.05) is 0 Å². The van der Waals surface area contributed by atoms with Crippen LogP contribution in [0.5, 0.6) is 5.88 Å². The lowest BCUT2D eigenvalue weighted by Gasteiger charge is -2.12. The number of halogens is 1. The lowest BCUT2D eigenvalue weighted by molar-refractivity contribution is 0.199. The normalized spacial score (nSPS) is 17.6. The fourth-order valence-electron chi connectivity index (χ4n) is 1.55. The van der Waals surface area contributed by atoms with E-state index in [2.05, 4.69) is 32.6 Å². The summed E-state index contributed by atoms with van der Waals surface area (Å²) in [5.41, 5.74) is 0. The molecule has 0 bridgehead atoms. The van der Waals surface area contributed by atoms with Crippen molar-refractivity contribution in [3.8, 4) is 5.88 Å². The summed E-state index contributed by atoms with van der Waals surface area (Å²) in [6, 6.07) is 0. The maximum Gasteiger partial charge on any atom is 0.230 e. The van der Waals surface area contributed by atoms with E-state index in [-0.39, 0.29) is 0 Å². The van der Waals surface area contributed by atoms with E-state index < -0.39 is 0 Å². The predicted molar refractivity (Wildman–Crippen MR) is 57.6 cm³/mol. The third-order valence-corrected chi connectivity index (χ3v) is 2.95. The van der Waals surface area contributed by atoms with Gasteiger partial charge in [0.1, 0.15) is 12.4 Å². The van der Waals surface area contributed by atoms with Crippen molar-refractivity contribution < 1.29 is 4.74 Å². The van der Waals surface area contributed by atoms with Gasteiger partial charge in [0.2, 0.25) is 5.88 Å². The summed E-state index contributed by atoms with van der Waals surface area (Å²) in [6.07, 6.45) is 8.59. The highest BCUT2D eigenvalue weighted by atomic mass is 127. The van der Waals surface area contributed by atoms with Crippen LogP contribution < -0.4 is 4.74 Å². The molecule has 0 N–H and O–H groups in total. The Bertz CT molecular complexity index is 287. The summed E-state index contributed by atoms with van der Waals surface area (Å²) in [4.78, 5) is 8.02. The maximum atomic E-state index is 5.75. The van der Waals surface area contributed by atoms with Crippen LogP contribution in [0.15, 0.2) is 12.5 Å². The van der Waals surface area contributed by atoms with E-state index >= 15 is 0 Å². The summed E-state index contributed by atoms with van der Waals surface area (Å²) in [7, 11) is 0. The molecule has 1 aliphatic rings. The van der Waals surface area contributed by atoms with Crippen molar-refractivity contribution in [2.45, 2.75) is 31.8 Å². The Morgan fingerprint density at radius 2 is 2.15 bits per heavy atom. The van der Waals surface area contributed by atoms with Gasteiger partial charge in [0.25, 0.3) is 0 Å². The molecule has 0 unspecified atom stereocenters. The summed E-state index contributed by atoms with van der Waals surface area (Å²) in [5, 5.41) is 0. The zero-order chi connectivity index (χ0) is 9.10. The molecule has 0 amide bonds. The van der Waals surface area contributed by atoms with Gasteiger partial charge < -0.3 is 4.74 Å². The first-order valence-corrected chi connectivity index (χ1v) is 5.56. The predicted octanol–water partition coefficient (Wildman–Crippen LogP) is 2.40. The van der Waals surface area contributed by atoms with Crippen LogP contribution in [0.1, 0.15) is 25.7 Å². The number of hydrogen-bond donors (Lipinski definition) is 0. The van der Waals surface area contributed by atoms with Gasteiger partial charge in [0.15, 0.2) is 0 Å². The van der Waals surface area contributed by atoms with Crippen molar-refractivity contribution in [1.82, 2.24) is 9.97 Å². The molecule has 3 nitrogen and oxygen atoms in total. The highest BCUT2D eigenvalue weighted by Gasteiger charge is 2.17. The second kappa shape index (κ2) is 4.21. The van der Waals surface area contributed by atoms with Crippen LogP contribution in [-0.4, -0.2) is 16.1 Å². The van der Waals surface area contributed by atoms with E-state index in [1.165, 1.54) is 32.0 Å². The minimum atomic E-state index is 0.378. The summed E-state index contributed by atoms with van der Waals surface area (Å²) < 4.78 is 6.74. The SMILES string of the molecule is Ic1cncnc1OC1CCCC1. The maximum absolute atomic E-state index is 5.75. The summed E-state index contributed by atoms with van der Waals surface area (Å²) >= 11 is 2.20. The lowest BCUT2D eigenvalue weighted by Crippen LogP contribution is -2.12. The van der Waals surface area contributed by atoms with Crippen molar-refractivity contribution in [1.29, 1.82) is 0 Å². The highest BCUT2D eigenvalue weighted by Crippen LogP contribution is 2.24. The first kappa shape index (κ1) is 9.18. The second-order valence-electron chi connectivity index (χ2n) is 3.20. The van der Waals surface area contributed by atoms with Gasteiger partial charge in [-0.25, -0.2) is 9.97 Å². The van der Waals surface area contributed by atoms with Crippen molar-refractivity contribution in [3.05, 3.63) is 16.1 Å². The Balaban J connectivity index is 2.04. The Hall–Kier alpha value is -0.390. The molecule has 0 radical (unpaired) electrons. The molecule has 0 spiro atoms. The third kappa shape index (κ3) is 2.30. The van der Waals surface area contributed by atoms with E-state index in [9.17, 15) is 0 Å². The van der Waals surface area contributed by atoms with Crippen LogP contribution in [0.3, 0.4) is 0 Å². The molecular weight excluding hydrogens is 279 g/mol. The van der Waals surface area contributed by atoms with E-state index in [0.717, 1.165) is 9.45 Å². The van der Waals surface area contributed by atoms with Crippen molar-refractivity contribution in [3.63, 3.8) is 0 Å². The Labute approximate surface area is 91.1 Å². The van der Waals surface area contributed by atoms with Gasteiger partial charge in [-0.2, -0.15) is 0 Å². The Morgan fingerprint density at radius 3 is 2.85 bits per heavy atom. The zero-order valence-corrected chi connectivity index (χ0v) is 9.40. The Kier molecular flexibility index (Phi) is 2.97. The molecule has 0 aromatic carbocycles. The largest absolute Gasteiger partial charge is 0.474 e. The number of aromatic nitrogens is 2. The van der Waals surface area contributed by atoms with E-state index in [0.29, 0.717) is 6.10 Å². The minimum Gasteiger partial charge on any atom is -0.474 e. The fraction of sp³-hybridized carbons (Fsp3) is 0.556. The number of ether oxygens (including phenoxy) is 1. The van der Waals surface area contributed by atoms with Gasteiger partial charge in [0, 0.05) is 6.20 Å². The molecule has 70 valence electrons. The first-order chi connectivity index (χ1) is 6.36. The quantitative estimate of drug-likeness (QED) is 0.785.